The smallest absolute Gasteiger partial charge is 0.0700 e. The van der Waals surface area contributed by atoms with Crippen LogP contribution in [0.1, 0.15) is 39.5 Å². The molecule has 1 aliphatic carbocycles. The zero-order valence-electron chi connectivity index (χ0n) is 12.8. The van der Waals surface area contributed by atoms with Gasteiger partial charge in [-0.05, 0) is 26.7 Å². The summed E-state index contributed by atoms with van der Waals surface area (Å²) in [7, 11) is 1.71. The van der Waals surface area contributed by atoms with Gasteiger partial charge in [-0.3, -0.25) is 4.90 Å². The van der Waals surface area contributed by atoms with Crippen LogP contribution in [0.15, 0.2) is 0 Å². The van der Waals surface area contributed by atoms with Crippen molar-refractivity contribution in [3.8, 4) is 0 Å². The Morgan fingerprint density at radius 2 is 1.84 bits per heavy atom. The van der Waals surface area contributed by atoms with E-state index in [4.69, 9.17) is 9.47 Å². The highest BCUT2D eigenvalue weighted by molar-refractivity contribution is 5.04. The van der Waals surface area contributed by atoms with Crippen LogP contribution in [-0.4, -0.2) is 62.5 Å². The Hall–Kier alpha value is -0.160. The van der Waals surface area contributed by atoms with E-state index in [0.29, 0.717) is 18.8 Å². The molecule has 4 nitrogen and oxygen atoms in total. The lowest BCUT2D eigenvalue weighted by Gasteiger charge is -2.51. The van der Waals surface area contributed by atoms with E-state index in [1.54, 1.807) is 7.11 Å². The van der Waals surface area contributed by atoms with Crippen LogP contribution in [0.4, 0.5) is 0 Å². The molecule has 1 aliphatic heterocycles. The first-order chi connectivity index (χ1) is 9.08. The first kappa shape index (κ1) is 15.2. The number of hydrogen-bond acceptors (Lipinski definition) is 4. The normalized spacial score (nSPS) is 26.1. The van der Waals surface area contributed by atoms with Gasteiger partial charge in [0.25, 0.3) is 0 Å². The van der Waals surface area contributed by atoms with Crippen LogP contribution in [-0.2, 0) is 9.47 Å². The molecule has 0 atom stereocenters. The summed E-state index contributed by atoms with van der Waals surface area (Å²) in [6.07, 6.45) is 5.44. The first-order valence-corrected chi connectivity index (χ1v) is 7.65. The Kier molecular flexibility index (Phi) is 5.23. The van der Waals surface area contributed by atoms with E-state index in [0.717, 1.165) is 19.7 Å². The van der Waals surface area contributed by atoms with E-state index >= 15 is 0 Å². The molecule has 112 valence electrons. The molecule has 0 amide bonds. The molecule has 1 N–H and O–H groups in total. The van der Waals surface area contributed by atoms with Gasteiger partial charge in [-0.1, -0.05) is 12.8 Å². The van der Waals surface area contributed by atoms with Gasteiger partial charge < -0.3 is 14.8 Å². The standard InChI is InChI=1S/C15H30N2O2/c1-14(2)12-16-15(6-4-5-7-15)13-17(14)8-9-19-11-10-18-3/h16H,4-13H2,1-3H3. The third-order valence-corrected chi connectivity index (χ3v) is 4.74. The van der Waals surface area contributed by atoms with Crippen LogP contribution in [0, 0.1) is 0 Å². The number of ether oxygens (including phenoxy) is 2. The van der Waals surface area contributed by atoms with Crippen LogP contribution in [0.3, 0.4) is 0 Å². The maximum absolute atomic E-state index is 5.63. The highest BCUT2D eigenvalue weighted by Crippen LogP contribution is 2.35. The fourth-order valence-electron chi connectivity index (χ4n) is 3.34. The van der Waals surface area contributed by atoms with Crippen LogP contribution < -0.4 is 5.32 Å². The largest absolute Gasteiger partial charge is 0.382 e. The summed E-state index contributed by atoms with van der Waals surface area (Å²) in [4.78, 5) is 2.61. The minimum absolute atomic E-state index is 0.235. The maximum atomic E-state index is 5.63. The van der Waals surface area contributed by atoms with E-state index in [1.165, 1.54) is 32.2 Å². The summed E-state index contributed by atoms with van der Waals surface area (Å²) in [5.74, 6) is 0. The second-order valence-electron chi connectivity index (χ2n) is 6.68. The fourth-order valence-corrected chi connectivity index (χ4v) is 3.34. The van der Waals surface area contributed by atoms with Crippen molar-refractivity contribution >= 4 is 0 Å². The van der Waals surface area contributed by atoms with Gasteiger partial charge in [0.1, 0.15) is 0 Å². The van der Waals surface area contributed by atoms with Gasteiger partial charge in [-0.2, -0.15) is 0 Å². The fraction of sp³-hybridized carbons (Fsp3) is 1.00. The van der Waals surface area contributed by atoms with Crippen molar-refractivity contribution < 1.29 is 9.47 Å². The number of nitrogens with one attached hydrogen (secondary N) is 1. The minimum Gasteiger partial charge on any atom is -0.382 e. The lowest BCUT2D eigenvalue weighted by atomic mass is 9.87. The van der Waals surface area contributed by atoms with Crippen molar-refractivity contribution in [2.75, 3.05) is 46.6 Å². The Bertz CT molecular complexity index is 275. The molecule has 2 aliphatic rings. The lowest BCUT2D eigenvalue weighted by molar-refractivity contribution is -0.00412. The van der Waals surface area contributed by atoms with E-state index < -0.39 is 0 Å². The van der Waals surface area contributed by atoms with Crippen molar-refractivity contribution in [2.24, 2.45) is 0 Å². The monoisotopic (exact) mass is 270 g/mol. The van der Waals surface area contributed by atoms with Crippen molar-refractivity contribution in [3.05, 3.63) is 0 Å². The Balaban J connectivity index is 1.81. The van der Waals surface area contributed by atoms with Crippen molar-refractivity contribution in [1.82, 2.24) is 10.2 Å². The zero-order valence-corrected chi connectivity index (χ0v) is 12.8. The van der Waals surface area contributed by atoms with Crippen molar-refractivity contribution in [1.29, 1.82) is 0 Å². The predicted octanol–water partition coefficient (Wildman–Crippen LogP) is 1.65. The molecule has 0 aromatic carbocycles. The van der Waals surface area contributed by atoms with Crippen molar-refractivity contribution in [3.63, 3.8) is 0 Å². The highest BCUT2D eigenvalue weighted by Gasteiger charge is 2.43. The van der Waals surface area contributed by atoms with Gasteiger partial charge in [-0.15, -0.1) is 0 Å². The van der Waals surface area contributed by atoms with Crippen LogP contribution in [0.25, 0.3) is 0 Å². The van der Waals surface area contributed by atoms with Gasteiger partial charge >= 0.3 is 0 Å². The van der Waals surface area contributed by atoms with E-state index in [1.807, 2.05) is 0 Å². The van der Waals surface area contributed by atoms with Gasteiger partial charge in [0.05, 0.1) is 19.8 Å². The van der Waals surface area contributed by atoms with E-state index in [2.05, 4.69) is 24.1 Å². The summed E-state index contributed by atoms with van der Waals surface area (Å²) >= 11 is 0. The molecular formula is C15H30N2O2. The molecule has 0 aromatic rings. The summed E-state index contributed by atoms with van der Waals surface area (Å²) in [6.45, 7) is 10.2. The Morgan fingerprint density at radius 3 is 2.53 bits per heavy atom. The average molecular weight is 270 g/mol. The maximum Gasteiger partial charge on any atom is 0.0700 e. The SMILES string of the molecule is COCCOCCN1CC2(CCCC2)NCC1(C)C. The molecule has 0 bridgehead atoms. The van der Waals surface area contributed by atoms with Crippen LogP contribution in [0.2, 0.25) is 0 Å². The second kappa shape index (κ2) is 6.53. The van der Waals surface area contributed by atoms with E-state index in [-0.39, 0.29) is 5.54 Å². The van der Waals surface area contributed by atoms with Crippen LogP contribution in [0.5, 0.6) is 0 Å². The quantitative estimate of drug-likeness (QED) is 0.744. The number of hydrogen-bond donors (Lipinski definition) is 1. The number of nitrogens with zero attached hydrogens (tertiary/aromatic N) is 1. The molecular weight excluding hydrogens is 240 g/mol. The number of piperazine rings is 1. The third kappa shape index (κ3) is 3.91. The molecule has 1 saturated heterocycles. The molecule has 0 aromatic heterocycles. The Morgan fingerprint density at radius 1 is 1.11 bits per heavy atom. The molecule has 4 heteroatoms. The molecule has 19 heavy (non-hydrogen) atoms. The summed E-state index contributed by atoms with van der Waals surface area (Å²) in [5.41, 5.74) is 0.626. The average Bonchev–Trinajstić information content (AvgIpc) is 2.83. The topological polar surface area (TPSA) is 33.7 Å². The third-order valence-electron chi connectivity index (χ3n) is 4.74. The highest BCUT2D eigenvalue weighted by atomic mass is 16.5. The zero-order chi connectivity index (χ0) is 13.8. The molecule has 0 radical (unpaired) electrons. The Labute approximate surface area is 117 Å². The summed E-state index contributed by atoms with van der Waals surface area (Å²) < 4.78 is 10.6. The number of rotatable bonds is 6. The lowest BCUT2D eigenvalue weighted by Crippen LogP contribution is -2.67. The molecule has 1 saturated carbocycles. The molecule has 1 spiro atoms. The number of methoxy groups -OCH3 is 1. The summed E-state index contributed by atoms with van der Waals surface area (Å²) in [6, 6.07) is 0. The molecule has 0 unspecified atom stereocenters. The summed E-state index contributed by atoms with van der Waals surface area (Å²) in [5, 5.41) is 3.82. The predicted molar refractivity (Wildman–Crippen MR) is 77.5 cm³/mol. The van der Waals surface area contributed by atoms with Gasteiger partial charge in [-0.25, -0.2) is 0 Å². The molecule has 1 heterocycles. The second-order valence-corrected chi connectivity index (χ2v) is 6.68. The van der Waals surface area contributed by atoms with Gasteiger partial charge in [0.2, 0.25) is 0 Å². The van der Waals surface area contributed by atoms with Crippen molar-refractivity contribution in [2.45, 2.75) is 50.6 Å². The van der Waals surface area contributed by atoms with E-state index in [9.17, 15) is 0 Å². The first-order valence-electron chi connectivity index (χ1n) is 7.65. The minimum atomic E-state index is 0.235. The van der Waals surface area contributed by atoms with Gasteiger partial charge in [0.15, 0.2) is 0 Å². The van der Waals surface area contributed by atoms with Crippen LogP contribution >= 0.6 is 0 Å². The molecule has 2 rings (SSSR count). The van der Waals surface area contributed by atoms with Gasteiger partial charge in [0, 0.05) is 37.8 Å². The molecule has 2 fully saturated rings.